The second-order valence-electron chi connectivity index (χ2n) is 17.6. The summed E-state index contributed by atoms with van der Waals surface area (Å²) >= 11 is 0. The van der Waals surface area contributed by atoms with Gasteiger partial charge in [0.05, 0.1) is 25.4 Å². The van der Waals surface area contributed by atoms with Crippen molar-refractivity contribution in [1.29, 1.82) is 0 Å². The number of aliphatic hydroxyl groups is 5. The highest BCUT2D eigenvalue weighted by Gasteiger charge is 2.48. The lowest BCUT2D eigenvalue weighted by molar-refractivity contribution is -0.298. The minimum Gasteiger partial charge on any atom is -0.394 e. The van der Waals surface area contributed by atoms with E-state index in [1.54, 1.807) is 0 Å². The van der Waals surface area contributed by atoms with Crippen LogP contribution in [0.25, 0.3) is 0 Å². The number of amides is 1. The van der Waals surface area contributed by atoms with Crippen LogP contribution < -0.4 is 5.32 Å². The molecule has 0 aromatic carbocycles. The third kappa shape index (κ3) is 29.4. The third-order valence-corrected chi connectivity index (χ3v) is 12.5. The summed E-state index contributed by atoms with van der Waals surface area (Å²) in [4.78, 5) is 13.1. The molecule has 0 bridgehead atoms. The first-order valence-corrected chi connectivity index (χ1v) is 25.9. The molecular weight excluding hydrogens is 791 g/mol. The largest absolute Gasteiger partial charge is 0.397 e. The number of aliphatic hydroxyl groups excluding tert-OH is 5. The normalized spacial score (nSPS) is 21.2. The maximum Gasteiger partial charge on any atom is 0.397 e. The van der Waals surface area contributed by atoms with Crippen molar-refractivity contribution in [2.75, 3.05) is 13.2 Å². The molecule has 0 radical (unpaired) electrons. The minimum atomic E-state index is -5.10. The Bertz CT molecular complexity index is 1100. The molecule has 1 saturated heterocycles. The van der Waals surface area contributed by atoms with Gasteiger partial charge in [0.1, 0.15) is 30.5 Å². The molecule has 0 aromatic heterocycles. The lowest BCUT2D eigenvalue weighted by Gasteiger charge is -2.41. The summed E-state index contributed by atoms with van der Waals surface area (Å²) in [7, 11) is -5.10. The Balaban J connectivity index is 2.42. The first kappa shape index (κ1) is 57.1. The topological polar surface area (TPSA) is 212 Å². The standard InChI is InChI=1S/C46H91NO12S/c1-3-5-7-9-11-13-15-16-17-18-19-20-21-22-23-24-25-27-29-31-33-35-40(50)45(53)47-38(39(49)34-32-30-28-26-14-12-10-8-6-4-2)37-57-46-43(52)44(59-60(54,55)56)42(51)41(36-48)58-46/h38-44,46,48-52H,3-37H2,1-2H3,(H,47,53)(H,54,55,56). The van der Waals surface area contributed by atoms with Crippen molar-refractivity contribution < 1.29 is 57.0 Å². The molecule has 1 aliphatic rings. The molecule has 1 rings (SSSR count). The number of nitrogens with one attached hydrogen (secondary N) is 1. The quantitative estimate of drug-likeness (QED) is 0.0227. The molecule has 1 fully saturated rings. The lowest BCUT2D eigenvalue weighted by Crippen LogP contribution is -2.61. The number of hydrogen-bond acceptors (Lipinski definition) is 11. The van der Waals surface area contributed by atoms with Gasteiger partial charge in [0.2, 0.25) is 5.91 Å². The van der Waals surface area contributed by atoms with Gasteiger partial charge in [0.25, 0.3) is 0 Å². The smallest absolute Gasteiger partial charge is 0.394 e. The van der Waals surface area contributed by atoms with Crippen LogP contribution in [0.5, 0.6) is 0 Å². The molecule has 60 heavy (non-hydrogen) atoms. The van der Waals surface area contributed by atoms with E-state index in [1.165, 1.54) is 148 Å². The highest BCUT2D eigenvalue weighted by molar-refractivity contribution is 7.80. The van der Waals surface area contributed by atoms with E-state index in [0.717, 1.165) is 38.5 Å². The van der Waals surface area contributed by atoms with Gasteiger partial charge in [-0.25, -0.2) is 4.18 Å². The van der Waals surface area contributed by atoms with Gasteiger partial charge in [-0.1, -0.05) is 213 Å². The van der Waals surface area contributed by atoms with Gasteiger partial charge in [0.15, 0.2) is 6.29 Å². The van der Waals surface area contributed by atoms with Crippen molar-refractivity contribution in [1.82, 2.24) is 5.32 Å². The van der Waals surface area contributed by atoms with Gasteiger partial charge in [-0.2, -0.15) is 8.42 Å². The number of ether oxygens (including phenoxy) is 2. The first-order chi connectivity index (χ1) is 28.9. The Kier molecular flexibility index (Phi) is 35.6. The molecule has 13 nitrogen and oxygen atoms in total. The Hall–Kier alpha value is -0.940. The fourth-order valence-corrected chi connectivity index (χ4v) is 8.62. The molecule has 14 heteroatoms. The number of rotatable bonds is 42. The summed E-state index contributed by atoms with van der Waals surface area (Å²) in [6, 6.07) is -1.03. The van der Waals surface area contributed by atoms with Crippen molar-refractivity contribution in [2.24, 2.45) is 0 Å². The Labute approximate surface area is 365 Å². The van der Waals surface area contributed by atoms with Crippen LogP contribution in [0.1, 0.15) is 226 Å². The van der Waals surface area contributed by atoms with E-state index in [9.17, 15) is 43.3 Å². The summed E-state index contributed by atoms with van der Waals surface area (Å²) in [5, 5.41) is 55.3. The van der Waals surface area contributed by atoms with Crippen molar-refractivity contribution in [3.8, 4) is 0 Å². The fourth-order valence-electron chi connectivity index (χ4n) is 8.11. The summed E-state index contributed by atoms with van der Waals surface area (Å²) in [5.41, 5.74) is 0. The van der Waals surface area contributed by atoms with Crippen LogP contribution >= 0.6 is 0 Å². The average Bonchev–Trinajstić information content (AvgIpc) is 3.22. The van der Waals surface area contributed by atoms with Crippen molar-refractivity contribution in [2.45, 2.75) is 275 Å². The van der Waals surface area contributed by atoms with Gasteiger partial charge in [0, 0.05) is 0 Å². The molecule has 8 atom stereocenters. The maximum absolute atomic E-state index is 13.1. The van der Waals surface area contributed by atoms with Crippen molar-refractivity contribution >= 4 is 16.3 Å². The highest BCUT2D eigenvalue weighted by atomic mass is 32.3. The number of carbonyl (C=O) groups excluding carboxylic acids is 1. The molecule has 358 valence electrons. The molecule has 0 aliphatic carbocycles. The summed E-state index contributed by atoms with van der Waals surface area (Å²) in [5.74, 6) is -0.666. The summed E-state index contributed by atoms with van der Waals surface area (Å²) in [6.45, 7) is 3.27. The van der Waals surface area contributed by atoms with E-state index in [4.69, 9.17) is 9.47 Å². The number of unbranched alkanes of at least 4 members (excludes halogenated alkanes) is 29. The zero-order chi connectivity index (χ0) is 44.3. The molecule has 1 heterocycles. The highest BCUT2D eigenvalue weighted by Crippen LogP contribution is 2.26. The van der Waals surface area contributed by atoms with E-state index in [-0.39, 0.29) is 6.42 Å². The first-order valence-electron chi connectivity index (χ1n) is 24.5. The predicted octanol–water partition coefficient (Wildman–Crippen LogP) is 8.75. The van der Waals surface area contributed by atoms with Crippen LogP contribution in [0.2, 0.25) is 0 Å². The van der Waals surface area contributed by atoms with Crippen LogP contribution in [-0.2, 0) is 28.9 Å². The lowest BCUT2D eigenvalue weighted by atomic mass is 9.99. The third-order valence-electron chi connectivity index (χ3n) is 12.0. The monoisotopic (exact) mass is 882 g/mol. The summed E-state index contributed by atoms with van der Waals surface area (Å²) < 4.78 is 47.5. The molecule has 1 amide bonds. The van der Waals surface area contributed by atoms with E-state index < -0.39 is 78.5 Å². The van der Waals surface area contributed by atoms with E-state index in [1.807, 2.05) is 0 Å². The molecule has 0 saturated carbocycles. The molecule has 8 unspecified atom stereocenters. The zero-order valence-electron chi connectivity index (χ0n) is 37.9. The second-order valence-corrected chi connectivity index (χ2v) is 18.6. The van der Waals surface area contributed by atoms with Gasteiger partial charge in [-0.15, -0.1) is 0 Å². The van der Waals surface area contributed by atoms with E-state index in [2.05, 4.69) is 23.3 Å². The number of hydrogen-bond donors (Lipinski definition) is 7. The molecule has 0 spiro atoms. The van der Waals surface area contributed by atoms with E-state index >= 15 is 0 Å². The zero-order valence-corrected chi connectivity index (χ0v) is 38.7. The molecule has 7 N–H and O–H groups in total. The van der Waals surface area contributed by atoms with Crippen LogP contribution in [0, 0.1) is 0 Å². The fraction of sp³-hybridized carbons (Fsp3) is 0.978. The maximum atomic E-state index is 13.1. The minimum absolute atomic E-state index is 0.266. The molecular formula is C46H91NO12S. The average molecular weight is 882 g/mol. The van der Waals surface area contributed by atoms with Crippen molar-refractivity contribution in [3.63, 3.8) is 0 Å². The van der Waals surface area contributed by atoms with Crippen LogP contribution in [-0.4, -0.2) is 107 Å². The van der Waals surface area contributed by atoms with E-state index in [0.29, 0.717) is 19.3 Å². The summed E-state index contributed by atoms with van der Waals surface area (Å²) in [6.07, 6.45) is 27.3. The Morgan fingerprint density at radius 1 is 0.600 bits per heavy atom. The van der Waals surface area contributed by atoms with Crippen molar-refractivity contribution in [3.05, 3.63) is 0 Å². The van der Waals surface area contributed by atoms with Gasteiger partial charge in [-0.05, 0) is 12.8 Å². The molecule has 1 aliphatic heterocycles. The van der Waals surface area contributed by atoms with Gasteiger partial charge in [-0.3, -0.25) is 9.35 Å². The Morgan fingerprint density at radius 3 is 1.33 bits per heavy atom. The second kappa shape index (κ2) is 37.4. The van der Waals surface area contributed by atoms with Gasteiger partial charge < -0.3 is 40.3 Å². The van der Waals surface area contributed by atoms with Gasteiger partial charge >= 0.3 is 10.4 Å². The van der Waals surface area contributed by atoms with Crippen LogP contribution in [0.15, 0.2) is 0 Å². The Morgan fingerprint density at radius 2 is 0.967 bits per heavy atom. The molecule has 0 aromatic rings. The predicted molar refractivity (Wildman–Crippen MR) is 238 cm³/mol. The number of carbonyl (C=O) groups is 1. The van der Waals surface area contributed by atoms with Crippen LogP contribution in [0.3, 0.4) is 0 Å². The van der Waals surface area contributed by atoms with Crippen LogP contribution in [0.4, 0.5) is 0 Å². The SMILES string of the molecule is CCCCCCCCCCCCCCCCCCCCCCCC(O)C(=O)NC(COC1OC(CO)C(O)C(OS(=O)(=O)O)C1O)C(O)CCCCCCCCCCCC.